The van der Waals surface area contributed by atoms with Crippen LogP contribution in [0.2, 0.25) is 0 Å². The van der Waals surface area contributed by atoms with Gasteiger partial charge in [0.1, 0.15) is 23.9 Å². The molecule has 8 nitrogen and oxygen atoms in total. The van der Waals surface area contributed by atoms with Gasteiger partial charge in [-0.1, -0.05) is 30.3 Å². The normalized spacial score (nSPS) is 10.5. The Balaban J connectivity index is 2.03. The number of para-hydroxylation sites is 1. The van der Waals surface area contributed by atoms with Crippen LogP contribution in [0.3, 0.4) is 0 Å². The molecular weight excluding hydrogens is 362 g/mol. The molecule has 0 atom stereocenters. The van der Waals surface area contributed by atoms with Crippen molar-refractivity contribution < 1.29 is 24.5 Å². The van der Waals surface area contributed by atoms with Crippen LogP contribution < -0.4 is 15.2 Å². The fourth-order valence-electron chi connectivity index (χ4n) is 2.51. The van der Waals surface area contributed by atoms with Gasteiger partial charge < -0.3 is 25.4 Å². The lowest BCUT2D eigenvalue weighted by atomic mass is 10.1. The number of phenolic OH excluding ortho intramolecular Hbond substituents is 1. The van der Waals surface area contributed by atoms with Crippen molar-refractivity contribution >= 4 is 5.91 Å². The summed E-state index contributed by atoms with van der Waals surface area (Å²) in [6.07, 6.45) is 0.232. The largest absolute Gasteiger partial charge is 0.508 e. The number of aromatic nitrogens is 2. The number of aliphatic hydroxyl groups excluding tert-OH is 1. The third-order valence-electron chi connectivity index (χ3n) is 3.68. The maximum atomic E-state index is 12.0. The number of phenols is 1. The molecule has 0 radical (unpaired) electrons. The molecule has 3 rings (SSSR count). The second-order valence-electron chi connectivity index (χ2n) is 5.82. The molecule has 4 N–H and O–H groups in total. The summed E-state index contributed by atoms with van der Waals surface area (Å²) in [6.45, 7) is -0.297. The Morgan fingerprint density at radius 3 is 2.54 bits per heavy atom. The van der Waals surface area contributed by atoms with Crippen LogP contribution in [0.4, 0.5) is 0 Å². The highest BCUT2D eigenvalue weighted by Gasteiger charge is 2.22. The van der Waals surface area contributed by atoms with E-state index < -0.39 is 5.91 Å². The van der Waals surface area contributed by atoms with Gasteiger partial charge in [-0.05, 0) is 29.8 Å². The van der Waals surface area contributed by atoms with Gasteiger partial charge in [-0.15, -0.1) is 0 Å². The van der Waals surface area contributed by atoms with Gasteiger partial charge in [0.05, 0.1) is 6.61 Å². The zero-order valence-corrected chi connectivity index (χ0v) is 14.9. The van der Waals surface area contributed by atoms with E-state index in [9.17, 15) is 9.90 Å². The summed E-state index contributed by atoms with van der Waals surface area (Å²) < 4.78 is 11.2. The summed E-state index contributed by atoms with van der Waals surface area (Å²) in [6, 6.07) is 15.3. The lowest BCUT2D eigenvalue weighted by Gasteiger charge is -2.15. The SMILES string of the molecule is NC(=O)c1nc(Cc2cccc(O)c2)nc(OCCO)c1Oc1ccccc1. The molecule has 0 fully saturated rings. The monoisotopic (exact) mass is 381 g/mol. The molecular formula is C20H19N3O5. The summed E-state index contributed by atoms with van der Waals surface area (Å²) in [5, 5.41) is 18.7. The fourth-order valence-corrected chi connectivity index (χ4v) is 2.51. The number of ether oxygens (including phenoxy) is 2. The first-order valence-electron chi connectivity index (χ1n) is 8.52. The molecule has 28 heavy (non-hydrogen) atoms. The Kier molecular flexibility index (Phi) is 6.03. The number of aliphatic hydroxyl groups is 1. The van der Waals surface area contributed by atoms with E-state index in [2.05, 4.69) is 9.97 Å². The Morgan fingerprint density at radius 1 is 1.07 bits per heavy atom. The van der Waals surface area contributed by atoms with E-state index in [1.807, 2.05) is 6.07 Å². The minimum Gasteiger partial charge on any atom is -0.508 e. The molecule has 0 saturated heterocycles. The summed E-state index contributed by atoms with van der Waals surface area (Å²) >= 11 is 0. The van der Waals surface area contributed by atoms with E-state index in [0.29, 0.717) is 5.75 Å². The number of hydrogen-bond donors (Lipinski definition) is 3. The average molecular weight is 381 g/mol. The third-order valence-corrected chi connectivity index (χ3v) is 3.68. The van der Waals surface area contributed by atoms with Gasteiger partial charge in [-0.2, -0.15) is 4.98 Å². The average Bonchev–Trinajstić information content (AvgIpc) is 2.68. The Morgan fingerprint density at radius 2 is 1.86 bits per heavy atom. The number of carbonyl (C=O) groups excluding carboxylic acids is 1. The first-order chi connectivity index (χ1) is 13.6. The molecule has 0 saturated carbocycles. The van der Waals surface area contributed by atoms with Crippen LogP contribution >= 0.6 is 0 Å². The topological polar surface area (TPSA) is 128 Å². The number of benzene rings is 2. The van der Waals surface area contributed by atoms with Crippen LogP contribution in [0, 0.1) is 0 Å². The molecule has 3 aromatic rings. The maximum Gasteiger partial charge on any atom is 0.271 e. The Hall–Kier alpha value is -3.65. The number of primary amides is 1. The van der Waals surface area contributed by atoms with E-state index in [1.165, 1.54) is 0 Å². The van der Waals surface area contributed by atoms with E-state index in [0.717, 1.165) is 5.56 Å². The zero-order chi connectivity index (χ0) is 19.9. The van der Waals surface area contributed by atoms with Gasteiger partial charge in [0, 0.05) is 6.42 Å². The zero-order valence-electron chi connectivity index (χ0n) is 14.9. The molecule has 1 amide bonds. The van der Waals surface area contributed by atoms with Crippen LogP contribution in [0.25, 0.3) is 0 Å². The van der Waals surface area contributed by atoms with E-state index in [4.69, 9.17) is 20.3 Å². The van der Waals surface area contributed by atoms with E-state index in [1.54, 1.807) is 48.5 Å². The van der Waals surface area contributed by atoms with Crippen molar-refractivity contribution in [1.29, 1.82) is 0 Å². The number of nitrogens with zero attached hydrogens (tertiary/aromatic N) is 2. The van der Waals surface area contributed by atoms with Crippen molar-refractivity contribution in [2.24, 2.45) is 5.73 Å². The maximum absolute atomic E-state index is 12.0. The third kappa shape index (κ3) is 4.74. The smallest absolute Gasteiger partial charge is 0.271 e. The molecule has 2 aromatic carbocycles. The molecule has 144 valence electrons. The molecule has 0 aliphatic carbocycles. The van der Waals surface area contributed by atoms with Gasteiger partial charge in [0.25, 0.3) is 11.8 Å². The molecule has 1 heterocycles. The van der Waals surface area contributed by atoms with Crippen LogP contribution in [0.1, 0.15) is 21.9 Å². The van der Waals surface area contributed by atoms with Crippen molar-refractivity contribution in [2.45, 2.75) is 6.42 Å². The van der Waals surface area contributed by atoms with Crippen LogP contribution in [0.15, 0.2) is 54.6 Å². The molecule has 0 aliphatic heterocycles. The summed E-state index contributed by atoms with van der Waals surface area (Å²) in [4.78, 5) is 20.5. The van der Waals surface area contributed by atoms with Crippen LogP contribution in [-0.4, -0.2) is 39.3 Å². The highest BCUT2D eigenvalue weighted by Crippen LogP contribution is 2.33. The molecule has 0 bridgehead atoms. The van der Waals surface area contributed by atoms with Crippen LogP contribution in [0.5, 0.6) is 23.1 Å². The lowest BCUT2D eigenvalue weighted by Crippen LogP contribution is -2.18. The van der Waals surface area contributed by atoms with Crippen molar-refractivity contribution in [3.8, 4) is 23.1 Å². The van der Waals surface area contributed by atoms with Gasteiger partial charge in [0.2, 0.25) is 5.75 Å². The summed E-state index contributed by atoms with van der Waals surface area (Å²) in [5.74, 6) is -0.0210. The second kappa shape index (κ2) is 8.83. The highest BCUT2D eigenvalue weighted by atomic mass is 16.5. The Labute approximate surface area is 161 Å². The molecule has 1 aromatic heterocycles. The van der Waals surface area contributed by atoms with Crippen molar-refractivity contribution in [1.82, 2.24) is 9.97 Å². The van der Waals surface area contributed by atoms with Crippen molar-refractivity contribution in [3.63, 3.8) is 0 Å². The summed E-state index contributed by atoms with van der Waals surface area (Å²) in [5.41, 5.74) is 6.10. The number of rotatable bonds is 8. The minimum atomic E-state index is -0.806. The minimum absolute atomic E-state index is 0.00291. The number of carbonyl (C=O) groups is 1. The van der Waals surface area contributed by atoms with Gasteiger partial charge in [-0.25, -0.2) is 4.98 Å². The van der Waals surface area contributed by atoms with E-state index >= 15 is 0 Å². The van der Waals surface area contributed by atoms with E-state index in [-0.39, 0.29) is 48.5 Å². The quantitative estimate of drug-likeness (QED) is 0.545. The fraction of sp³-hybridized carbons (Fsp3) is 0.150. The number of amides is 1. The molecule has 8 heteroatoms. The summed E-state index contributed by atoms with van der Waals surface area (Å²) in [7, 11) is 0. The second-order valence-corrected chi connectivity index (χ2v) is 5.82. The Bertz CT molecular complexity index is 963. The lowest BCUT2D eigenvalue weighted by molar-refractivity contribution is 0.0991. The van der Waals surface area contributed by atoms with Gasteiger partial charge >= 0.3 is 0 Å². The predicted molar refractivity (Wildman–Crippen MR) is 101 cm³/mol. The standard InChI is InChI=1S/C20H19N3O5/c21-19(26)17-18(28-15-7-2-1-3-8-15)20(27-10-9-24)23-16(22-17)12-13-5-4-6-14(25)11-13/h1-8,11,24-25H,9-10,12H2,(H2,21,26). The highest BCUT2D eigenvalue weighted by molar-refractivity contribution is 5.94. The molecule has 0 unspecified atom stereocenters. The first-order valence-corrected chi connectivity index (χ1v) is 8.52. The number of hydrogen-bond acceptors (Lipinski definition) is 7. The predicted octanol–water partition coefficient (Wildman–Crippen LogP) is 2.04. The van der Waals surface area contributed by atoms with Gasteiger partial charge in [-0.3, -0.25) is 4.79 Å². The molecule has 0 aliphatic rings. The van der Waals surface area contributed by atoms with Crippen molar-refractivity contribution in [3.05, 3.63) is 71.7 Å². The molecule has 0 spiro atoms. The number of nitrogens with two attached hydrogens (primary N) is 1. The van der Waals surface area contributed by atoms with Crippen LogP contribution in [-0.2, 0) is 6.42 Å². The number of aromatic hydroxyl groups is 1. The van der Waals surface area contributed by atoms with Crippen molar-refractivity contribution in [2.75, 3.05) is 13.2 Å². The first kappa shape index (κ1) is 19.1. The van der Waals surface area contributed by atoms with Gasteiger partial charge in [0.15, 0.2) is 5.69 Å².